The number of anilines is 2. The van der Waals surface area contributed by atoms with Crippen molar-refractivity contribution >= 4 is 29.0 Å². The number of rotatable bonds is 2. The molecule has 5 nitrogen and oxygen atoms in total. The molecule has 2 aromatic rings. The SMILES string of the molecule is Nc1cc(NC(=O)c2cnsn2)ccc1F. The molecule has 82 valence electrons. The highest BCUT2D eigenvalue weighted by Gasteiger charge is 2.09. The molecule has 1 heterocycles. The van der Waals surface area contributed by atoms with Gasteiger partial charge in [0.05, 0.1) is 23.6 Å². The number of nitrogens with two attached hydrogens (primary N) is 1. The highest BCUT2D eigenvalue weighted by atomic mass is 32.1. The second kappa shape index (κ2) is 4.23. The summed E-state index contributed by atoms with van der Waals surface area (Å²) in [5.41, 5.74) is 5.97. The lowest BCUT2D eigenvalue weighted by Crippen LogP contribution is -2.12. The van der Waals surface area contributed by atoms with Gasteiger partial charge in [0.2, 0.25) is 0 Å². The molecular formula is C9H7FN4OS. The number of hydrogen-bond donors (Lipinski definition) is 2. The van der Waals surface area contributed by atoms with Crippen LogP contribution in [0.1, 0.15) is 10.5 Å². The van der Waals surface area contributed by atoms with E-state index in [2.05, 4.69) is 14.1 Å². The summed E-state index contributed by atoms with van der Waals surface area (Å²) in [6.45, 7) is 0. The smallest absolute Gasteiger partial charge is 0.277 e. The molecule has 1 aromatic carbocycles. The van der Waals surface area contributed by atoms with Gasteiger partial charge >= 0.3 is 0 Å². The predicted molar refractivity (Wildman–Crippen MR) is 58.7 cm³/mol. The Kier molecular flexibility index (Phi) is 2.78. The van der Waals surface area contributed by atoms with Crippen molar-refractivity contribution in [3.63, 3.8) is 0 Å². The maximum Gasteiger partial charge on any atom is 0.277 e. The van der Waals surface area contributed by atoms with Gasteiger partial charge in [-0.25, -0.2) is 4.39 Å². The molecule has 16 heavy (non-hydrogen) atoms. The van der Waals surface area contributed by atoms with Crippen LogP contribution in [0.4, 0.5) is 15.8 Å². The molecule has 0 bridgehead atoms. The van der Waals surface area contributed by atoms with Gasteiger partial charge in [0.15, 0.2) is 5.69 Å². The highest BCUT2D eigenvalue weighted by Crippen LogP contribution is 2.16. The third-order valence-corrected chi connectivity index (χ3v) is 2.33. The first-order valence-corrected chi connectivity index (χ1v) is 5.04. The molecule has 0 fully saturated rings. The summed E-state index contributed by atoms with van der Waals surface area (Å²) in [5, 5.41) is 2.53. The molecule has 0 aliphatic rings. The molecule has 0 unspecified atom stereocenters. The van der Waals surface area contributed by atoms with E-state index in [9.17, 15) is 9.18 Å². The fraction of sp³-hybridized carbons (Fsp3) is 0. The Morgan fingerprint density at radius 1 is 1.50 bits per heavy atom. The topological polar surface area (TPSA) is 80.9 Å². The summed E-state index contributed by atoms with van der Waals surface area (Å²) >= 11 is 0.939. The minimum Gasteiger partial charge on any atom is -0.396 e. The lowest BCUT2D eigenvalue weighted by molar-refractivity contribution is 0.102. The van der Waals surface area contributed by atoms with E-state index in [4.69, 9.17) is 5.73 Å². The van der Waals surface area contributed by atoms with Gasteiger partial charge < -0.3 is 11.1 Å². The van der Waals surface area contributed by atoms with Gasteiger partial charge in [-0.1, -0.05) is 0 Å². The molecule has 1 aromatic heterocycles. The second-order valence-electron chi connectivity index (χ2n) is 2.98. The van der Waals surface area contributed by atoms with Crippen LogP contribution in [0.15, 0.2) is 24.4 Å². The number of amides is 1. The van der Waals surface area contributed by atoms with Crippen LogP contribution >= 0.6 is 11.7 Å². The van der Waals surface area contributed by atoms with Crippen molar-refractivity contribution in [3.8, 4) is 0 Å². The number of halogens is 1. The number of nitrogen functional groups attached to an aromatic ring is 1. The van der Waals surface area contributed by atoms with Crippen LogP contribution < -0.4 is 11.1 Å². The quantitative estimate of drug-likeness (QED) is 0.777. The normalized spacial score (nSPS) is 10.1. The van der Waals surface area contributed by atoms with E-state index in [0.717, 1.165) is 11.7 Å². The third kappa shape index (κ3) is 2.14. The average Bonchev–Trinajstić information content (AvgIpc) is 2.77. The maximum absolute atomic E-state index is 12.9. The molecule has 0 saturated heterocycles. The summed E-state index contributed by atoms with van der Waals surface area (Å²) in [5.74, 6) is -0.923. The molecule has 0 atom stereocenters. The average molecular weight is 238 g/mol. The molecular weight excluding hydrogens is 231 g/mol. The van der Waals surface area contributed by atoms with Crippen molar-refractivity contribution in [2.75, 3.05) is 11.1 Å². The van der Waals surface area contributed by atoms with Gasteiger partial charge in [0.25, 0.3) is 5.91 Å². The number of hydrogen-bond acceptors (Lipinski definition) is 5. The van der Waals surface area contributed by atoms with Crippen molar-refractivity contribution in [1.29, 1.82) is 0 Å². The lowest BCUT2D eigenvalue weighted by atomic mass is 10.2. The van der Waals surface area contributed by atoms with Gasteiger partial charge in [0, 0.05) is 5.69 Å². The lowest BCUT2D eigenvalue weighted by Gasteiger charge is -2.04. The minimum absolute atomic E-state index is 0.0193. The monoisotopic (exact) mass is 238 g/mol. The predicted octanol–water partition coefficient (Wildman–Crippen LogP) is 1.51. The number of carbonyl (C=O) groups excluding carboxylic acids is 1. The fourth-order valence-electron chi connectivity index (χ4n) is 1.08. The van der Waals surface area contributed by atoms with E-state index in [0.29, 0.717) is 5.69 Å². The highest BCUT2D eigenvalue weighted by molar-refractivity contribution is 6.99. The standard InChI is InChI=1S/C9H7FN4OS/c10-6-2-1-5(3-7(6)11)13-9(15)8-4-12-16-14-8/h1-4H,11H2,(H,13,15). The number of benzene rings is 1. The van der Waals surface area contributed by atoms with E-state index < -0.39 is 11.7 Å². The van der Waals surface area contributed by atoms with Crippen molar-refractivity contribution in [2.45, 2.75) is 0 Å². The van der Waals surface area contributed by atoms with E-state index >= 15 is 0 Å². The van der Waals surface area contributed by atoms with Crippen molar-refractivity contribution in [2.24, 2.45) is 0 Å². The van der Waals surface area contributed by atoms with Crippen LogP contribution in [0.25, 0.3) is 0 Å². The molecule has 0 aliphatic heterocycles. The fourth-order valence-corrected chi connectivity index (χ4v) is 1.49. The van der Waals surface area contributed by atoms with Crippen molar-refractivity contribution < 1.29 is 9.18 Å². The Balaban J connectivity index is 2.15. The molecule has 3 N–H and O–H groups in total. The van der Waals surface area contributed by atoms with Crippen molar-refractivity contribution in [1.82, 2.24) is 8.75 Å². The number of aromatic nitrogens is 2. The summed E-state index contributed by atoms with van der Waals surface area (Å²) in [7, 11) is 0. The van der Waals surface area contributed by atoms with Crippen LogP contribution in [0.3, 0.4) is 0 Å². The largest absolute Gasteiger partial charge is 0.396 e. The first-order chi connectivity index (χ1) is 7.66. The van der Waals surface area contributed by atoms with E-state index in [1.165, 1.54) is 24.4 Å². The summed E-state index contributed by atoms with van der Waals surface area (Å²) < 4.78 is 20.3. The number of nitrogens with zero attached hydrogens (tertiary/aromatic N) is 2. The Bertz CT molecular complexity index is 514. The number of nitrogens with one attached hydrogen (secondary N) is 1. The molecule has 7 heteroatoms. The van der Waals surface area contributed by atoms with Crippen LogP contribution in [0.2, 0.25) is 0 Å². The van der Waals surface area contributed by atoms with E-state index in [1.807, 2.05) is 0 Å². The zero-order chi connectivity index (χ0) is 11.5. The Morgan fingerprint density at radius 3 is 2.94 bits per heavy atom. The molecule has 0 spiro atoms. The number of carbonyl (C=O) groups is 1. The second-order valence-corrected chi connectivity index (χ2v) is 3.54. The van der Waals surface area contributed by atoms with Crippen LogP contribution in [-0.2, 0) is 0 Å². The van der Waals surface area contributed by atoms with Gasteiger partial charge in [-0.3, -0.25) is 4.79 Å². The van der Waals surface area contributed by atoms with Crippen LogP contribution in [-0.4, -0.2) is 14.7 Å². The zero-order valence-electron chi connectivity index (χ0n) is 7.98. The van der Waals surface area contributed by atoms with Crippen molar-refractivity contribution in [3.05, 3.63) is 35.9 Å². The molecule has 0 aliphatic carbocycles. The first kappa shape index (κ1) is 10.5. The first-order valence-electron chi connectivity index (χ1n) is 4.31. The molecule has 0 saturated carbocycles. The molecule has 1 amide bonds. The Morgan fingerprint density at radius 2 is 2.31 bits per heavy atom. The maximum atomic E-state index is 12.9. The summed E-state index contributed by atoms with van der Waals surface area (Å²) in [6.07, 6.45) is 1.35. The molecule has 0 radical (unpaired) electrons. The van der Waals surface area contributed by atoms with Crippen LogP contribution in [0, 0.1) is 5.82 Å². The van der Waals surface area contributed by atoms with Crippen LogP contribution in [0.5, 0.6) is 0 Å². The van der Waals surface area contributed by atoms with E-state index in [1.54, 1.807) is 0 Å². The van der Waals surface area contributed by atoms with Gasteiger partial charge in [-0.2, -0.15) is 8.75 Å². The zero-order valence-corrected chi connectivity index (χ0v) is 8.79. The summed E-state index contributed by atoms with van der Waals surface area (Å²) in [6, 6.07) is 3.95. The third-order valence-electron chi connectivity index (χ3n) is 1.85. The van der Waals surface area contributed by atoms with Gasteiger partial charge in [0.1, 0.15) is 5.82 Å². The minimum atomic E-state index is -0.520. The van der Waals surface area contributed by atoms with Gasteiger partial charge in [-0.05, 0) is 18.2 Å². The molecule has 2 rings (SSSR count). The van der Waals surface area contributed by atoms with Gasteiger partial charge in [-0.15, -0.1) is 0 Å². The Hall–Kier alpha value is -2.02. The van der Waals surface area contributed by atoms with E-state index in [-0.39, 0.29) is 11.4 Å². The summed E-state index contributed by atoms with van der Waals surface area (Å²) in [4.78, 5) is 11.5. The Labute approximate surface area is 94.4 Å².